The Hall–Kier alpha value is -2.68. The molecule has 2 saturated heterocycles. The third-order valence-electron chi connectivity index (χ3n) is 5.12. The SMILES string of the molecule is CN(CCN1CCNC1=C(C#N)C#N)c1ccc(CN2CCC(O)CC2)o1. The molecule has 0 unspecified atom stereocenters. The number of likely N-dealkylation sites (N-methyl/N-ethyl adjacent to an activating group) is 1. The maximum atomic E-state index is 9.60. The highest BCUT2D eigenvalue weighted by atomic mass is 16.4. The number of aliphatic hydroxyl groups excluding tert-OH is 1. The number of hydrogen-bond acceptors (Lipinski definition) is 8. The summed E-state index contributed by atoms with van der Waals surface area (Å²) in [6.45, 7) is 5.48. The molecule has 1 aromatic heterocycles. The highest BCUT2D eigenvalue weighted by Gasteiger charge is 2.22. The molecule has 0 amide bonds. The molecule has 27 heavy (non-hydrogen) atoms. The van der Waals surface area contributed by atoms with Crippen LogP contribution in [0, 0.1) is 22.7 Å². The van der Waals surface area contributed by atoms with Gasteiger partial charge in [0.05, 0.1) is 12.6 Å². The molecule has 144 valence electrons. The van der Waals surface area contributed by atoms with Crippen molar-refractivity contribution < 1.29 is 9.52 Å². The van der Waals surface area contributed by atoms with Crippen molar-refractivity contribution in [3.05, 3.63) is 29.3 Å². The first-order valence-corrected chi connectivity index (χ1v) is 9.34. The molecular weight excluding hydrogens is 344 g/mol. The maximum Gasteiger partial charge on any atom is 0.195 e. The van der Waals surface area contributed by atoms with Crippen molar-refractivity contribution >= 4 is 5.88 Å². The highest BCUT2D eigenvalue weighted by Crippen LogP contribution is 2.21. The zero-order valence-electron chi connectivity index (χ0n) is 15.7. The molecule has 0 spiro atoms. The van der Waals surface area contributed by atoms with E-state index in [0.717, 1.165) is 63.8 Å². The van der Waals surface area contributed by atoms with Crippen molar-refractivity contribution in [1.82, 2.24) is 15.1 Å². The Morgan fingerprint density at radius 2 is 2.04 bits per heavy atom. The second kappa shape index (κ2) is 8.81. The Balaban J connectivity index is 1.52. The third-order valence-corrected chi connectivity index (χ3v) is 5.12. The zero-order chi connectivity index (χ0) is 19.2. The fourth-order valence-electron chi connectivity index (χ4n) is 3.47. The van der Waals surface area contributed by atoms with Crippen molar-refractivity contribution in [2.75, 3.05) is 51.2 Å². The average molecular weight is 370 g/mol. The maximum absolute atomic E-state index is 9.60. The number of nitriles is 2. The molecule has 2 N–H and O–H groups in total. The largest absolute Gasteiger partial charge is 0.444 e. The predicted molar refractivity (Wildman–Crippen MR) is 100 cm³/mol. The van der Waals surface area contributed by atoms with Gasteiger partial charge in [0.2, 0.25) is 0 Å². The predicted octanol–water partition coefficient (Wildman–Crippen LogP) is 0.836. The van der Waals surface area contributed by atoms with Crippen molar-refractivity contribution in [2.45, 2.75) is 25.5 Å². The third kappa shape index (κ3) is 4.73. The lowest BCUT2D eigenvalue weighted by atomic mass is 10.1. The number of likely N-dealkylation sites (tertiary alicyclic amines) is 1. The number of anilines is 1. The van der Waals surface area contributed by atoms with Crippen LogP contribution in [0.25, 0.3) is 0 Å². The van der Waals surface area contributed by atoms with Crippen LogP contribution in [0.2, 0.25) is 0 Å². The van der Waals surface area contributed by atoms with Gasteiger partial charge in [-0.25, -0.2) is 0 Å². The molecule has 1 aromatic rings. The van der Waals surface area contributed by atoms with Gasteiger partial charge in [-0.05, 0) is 18.9 Å². The lowest BCUT2D eigenvalue weighted by molar-refractivity contribution is 0.0761. The summed E-state index contributed by atoms with van der Waals surface area (Å²) in [7, 11) is 1.97. The Morgan fingerprint density at radius 3 is 2.74 bits per heavy atom. The summed E-state index contributed by atoms with van der Waals surface area (Å²) in [6, 6.07) is 7.88. The molecule has 2 fully saturated rings. The number of piperidine rings is 1. The smallest absolute Gasteiger partial charge is 0.195 e. The number of nitrogens with one attached hydrogen (secondary N) is 1. The summed E-state index contributed by atoms with van der Waals surface area (Å²) in [5.41, 5.74) is 0.127. The summed E-state index contributed by atoms with van der Waals surface area (Å²) in [6.07, 6.45) is 1.47. The molecular formula is C19H26N6O2. The summed E-state index contributed by atoms with van der Waals surface area (Å²) < 4.78 is 5.98. The number of aliphatic hydroxyl groups is 1. The standard InChI is InChI=1S/C19H26N6O2/c1-23(10-11-25-9-6-22-19(25)15(12-20)13-21)18-3-2-17(27-18)14-24-7-4-16(26)5-8-24/h2-3,16,22,26H,4-11,14H2,1H3. The van der Waals surface area contributed by atoms with Gasteiger partial charge in [0, 0.05) is 52.4 Å². The van der Waals surface area contributed by atoms with E-state index in [1.54, 1.807) is 0 Å². The molecule has 0 bridgehead atoms. The Kier molecular flexibility index (Phi) is 6.23. The lowest BCUT2D eigenvalue weighted by Crippen LogP contribution is -2.35. The molecule has 0 aromatic carbocycles. The fraction of sp³-hybridized carbons (Fsp3) is 0.579. The topological polar surface area (TPSA) is 103 Å². The molecule has 0 aliphatic carbocycles. The number of allylic oxidation sites excluding steroid dienone is 1. The molecule has 0 atom stereocenters. The molecule has 0 saturated carbocycles. The van der Waals surface area contributed by atoms with E-state index in [1.165, 1.54) is 0 Å². The summed E-state index contributed by atoms with van der Waals surface area (Å²) in [5, 5.41) is 30.9. The van der Waals surface area contributed by atoms with Gasteiger partial charge >= 0.3 is 0 Å². The van der Waals surface area contributed by atoms with Crippen LogP contribution in [0.5, 0.6) is 0 Å². The van der Waals surface area contributed by atoms with E-state index >= 15 is 0 Å². The molecule has 8 heteroatoms. The molecule has 3 rings (SSSR count). The minimum Gasteiger partial charge on any atom is -0.444 e. The van der Waals surface area contributed by atoms with Crippen LogP contribution in [-0.2, 0) is 6.54 Å². The van der Waals surface area contributed by atoms with Crippen molar-refractivity contribution in [3.63, 3.8) is 0 Å². The van der Waals surface area contributed by atoms with E-state index in [4.69, 9.17) is 14.9 Å². The van der Waals surface area contributed by atoms with Gasteiger partial charge < -0.3 is 24.6 Å². The van der Waals surface area contributed by atoms with Gasteiger partial charge in [0.15, 0.2) is 11.5 Å². The van der Waals surface area contributed by atoms with E-state index in [2.05, 4.69) is 10.2 Å². The molecule has 0 radical (unpaired) electrons. The molecule has 2 aliphatic rings. The zero-order valence-corrected chi connectivity index (χ0v) is 15.7. The van der Waals surface area contributed by atoms with Crippen molar-refractivity contribution in [2.24, 2.45) is 0 Å². The lowest BCUT2D eigenvalue weighted by Gasteiger charge is -2.28. The van der Waals surface area contributed by atoms with Crippen molar-refractivity contribution in [1.29, 1.82) is 10.5 Å². The van der Waals surface area contributed by atoms with Crippen LogP contribution in [0.15, 0.2) is 27.9 Å². The van der Waals surface area contributed by atoms with E-state index in [9.17, 15) is 5.11 Å². The minimum atomic E-state index is -0.166. The summed E-state index contributed by atoms with van der Waals surface area (Å²) in [5.74, 6) is 2.36. The number of rotatable bonds is 6. The summed E-state index contributed by atoms with van der Waals surface area (Å²) >= 11 is 0. The van der Waals surface area contributed by atoms with E-state index in [1.807, 2.05) is 41.1 Å². The van der Waals surface area contributed by atoms with Crippen LogP contribution in [-0.4, -0.2) is 67.3 Å². The second-order valence-corrected chi connectivity index (χ2v) is 7.03. The van der Waals surface area contributed by atoms with E-state index in [0.29, 0.717) is 12.4 Å². The quantitative estimate of drug-likeness (QED) is 0.710. The first-order valence-electron chi connectivity index (χ1n) is 9.34. The van der Waals surface area contributed by atoms with Crippen LogP contribution < -0.4 is 10.2 Å². The normalized spacial score (nSPS) is 18.1. The van der Waals surface area contributed by atoms with Crippen molar-refractivity contribution in [3.8, 4) is 12.1 Å². The average Bonchev–Trinajstić information content (AvgIpc) is 3.33. The van der Waals surface area contributed by atoms with Gasteiger partial charge in [-0.15, -0.1) is 0 Å². The van der Waals surface area contributed by atoms with Crippen LogP contribution in [0.1, 0.15) is 18.6 Å². The van der Waals surface area contributed by atoms with Crippen LogP contribution in [0.3, 0.4) is 0 Å². The van der Waals surface area contributed by atoms with Gasteiger partial charge in [-0.3, -0.25) is 4.90 Å². The minimum absolute atomic E-state index is 0.127. The molecule has 2 aliphatic heterocycles. The highest BCUT2D eigenvalue weighted by molar-refractivity contribution is 5.40. The van der Waals surface area contributed by atoms with Gasteiger partial charge in [-0.1, -0.05) is 0 Å². The van der Waals surface area contributed by atoms with Gasteiger partial charge in [0.25, 0.3) is 0 Å². The molecule has 3 heterocycles. The Morgan fingerprint density at radius 1 is 1.30 bits per heavy atom. The van der Waals surface area contributed by atoms with E-state index in [-0.39, 0.29) is 11.7 Å². The number of hydrogen-bond donors (Lipinski definition) is 2. The van der Waals surface area contributed by atoms with E-state index < -0.39 is 0 Å². The molecule has 8 nitrogen and oxygen atoms in total. The first kappa shape index (κ1) is 19.1. The number of furan rings is 1. The fourth-order valence-corrected chi connectivity index (χ4v) is 3.47. The van der Waals surface area contributed by atoms with Crippen LogP contribution >= 0.6 is 0 Å². The summed E-state index contributed by atoms with van der Waals surface area (Å²) in [4.78, 5) is 6.37. The van der Waals surface area contributed by atoms with Gasteiger partial charge in [0.1, 0.15) is 23.7 Å². The Labute approximate surface area is 159 Å². The van der Waals surface area contributed by atoms with Gasteiger partial charge in [-0.2, -0.15) is 10.5 Å². The number of nitrogens with zero attached hydrogens (tertiary/aromatic N) is 5. The van der Waals surface area contributed by atoms with Crippen LogP contribution in [0.4, 0.5) is 5.88 Å². The Bertz CT molecular complexity index is 735. The monoisotopic (exact) mass is 370 g/mol. The first-order chi connectivity index (χ1) is 13.1. The second-order valence-electron chi connectivity index (χ2n) is 7.03.